The first-order valence-corrected chi connectivity index (χ1v) is 10.1. The van der Waals surface area contributed by atoms with E-state index in [1.54, 1.807) is 14.2 Å². The van der Waals surface area contributed by atoms with E-state index >= 15 is 0 Å². The standard InChI is InChI=1S/C21H23N3O4S/c1-26-17-9-8-16(12-18(17)27-2)10-11-22-19(25)14-29-21-24-23-20(28-21)13-15-6-4-3-5-7-15/h3-9,12H,10-11,13-14H2,1-2H3,(H,22,25). The molecule has 0 atom stereocenters. The number of rotatable bonds is 10. The highest BCUT2D eigenvalue weighted by atomic mass is 32.2. The minimum atomic E-state index is -0.0849. The molecule has 0 saturated heterocycles. The summed E-state index contributed by atoms with van der Waals surface area (Å²) in [5, 5.41) is 11.3. The molecule has 0 unspecified atom stereocenters. The van der Waals surface area contributed by atoms with Crippen molar-refractivity contribution in [3.63, 3.8) is 0 Å². The normalized spacial score (nSPS) is 10.6. The number of nitrogens with one attached hydrogen (secondary N) is 1. The predicted molar refractivity (Wildman–Crippen MR) is 111 cm³/mol. The molecular formula is C21H23N3O4S. The van der Waals surface area contributed by atoms with Gasteiger partial charge in [0.05, 0.1) is 26.4 Å². The smallest absolute Gasteiger partial charge is 0.277 e. The van der Waals surface area contributed by atoms with Crippen molar-refractivity contribution in [2.24, 2.45) is 0 Å². The monoisotopic (exact) mass is 413 g/mol. The number of ether oxygens (including phenoxy) is 2. The van der Waals surface area contributed by atoms with Crippen molar-refractivity contribution < 1.29 is 18.7 Å². The fourth-order valence-electron chi connectivity index (χ4n) is 2.70. The number of aromatic nitrogens is 2. The maximum Gasteiger partial charge on any atom is 0.277 e. The van der Waals surface area contributed by atoms with Crippen molar-refractivity contribution in [1.29, 1.82) is 0 Å². The summed E-state index contributed by atoms with van der Waals surface area (Å²) in [6.45, 7) is 0.526. The van der Waals surface area contributed by atoms with Gasteiger partial charge in [-0.05, 0) is 29.7 Å². The summed E-state index contributed by atoms with van der Waals surface area (Å²) in [6, 6.07) is 15.6. The lowest BCUT2D eigenvalue weighted by molar-refractivity contribution is -0.118. The highest BCUT2D eigenvalue weighted by Gasteiger charge is 2.10. The lowest BCUT2D eigenvalue weighted by Crippen LogP contribution is -2.27. The first-order chi connectivity index (χ1) is 14.2. The van der Waals surface area contributed by atoms with Crippen LogP contribution in [0.4, 0.5) is 0 Å². The second-order valence-corrected chi connectivity index (χ2v) is 7.13. The topological polar surface area (TPSA) is 86.5 Å². The lowest BCUT2D eigenvalue weighted by Gasteiger charge is -2.10. The number of methoxy groups -OCH3 is 2. The Balaban J connectivity index is 1.40. The highest BCUT2D eigenvalue weighted by molar-refractivity contribution is 7.99. The Morgan fingerprint density at radius 2 is 1.83 bits per heavy atom. The Morgan fingerprint density at radius 3 is 2.59 bits per heavy atom. The van der Waals surface area contributed by atoms with Gasteiger partial charge in [0.25, 0.3) is 5.22 Å². The molecule has 29 heavy (non-hydrogen) atoms. The average Bonchev–Trinajstić information content (AvgIpc) is 3.20. The summed E-state index contributed by atoms with van der Waals surface area (Å²) < 4.78 is 16.1. The predicted octanol–water partition coefficient (Wildman–Crippen LogP) is 3.13. The van der Waals surface area contributed by atoms with Gasteiger partial charge in [0, 0.05) is 6.54 Å². The van der Waals surface area contributed by atoms with Gasteiger partial charge in [0.15, 0.2) is 11.5 Å². The van der Waals surface area contributed by atoms with Crippen LogP contribution in [0.2, 0.25) is 0 Å². The molecule has 1 amide bonds. The number of nitrogens with zero attached hydrogens (tertiary/aromatic N) is 2. The molecule has 2 aromatic carbocycles. The zero-order chi connectivity index (χ0) is 20.5. The molecule has 1 aromatic heterocycles. The zero-order valence-corrected chi connectivity index (χ0v) is 17.2. The van der Waals surface area contributed by atoms with Crippen LogP contribution >= 0.6 is 11.8 Å². The third-order valence-corrected chi connectivity index (χ3v) is 4.98. The maximum absolute atomic E-state index is 12.1. The molecule has 0 aliphatic rings. The average molecular weight is 413 g/mol. The van der Waals surface area contributed by atoms with Crippen LogP contribution in [0, 0.1) is 0 Å². The van der Waals surface area contributed by atoms with Gasteiger partial charge in [-0.15, -0.1) is 10.2 Å². The summed E-state index contributed by atoms with van der Waals surface area (Å²) in [6.07, 6.45) is 1.27. The quantitative estimate of drug-likeness (QED) is 0.511. The third kappa shape index (κ3) is 6.25. The van der Waals surface area contributed by atoms with E-state index in [1.807, 2.05) is 48.5 Å². The molecule has 1 heterocycles. The molecule has 152 valence electrons. The summed E-state index contributed by atoms with van der Waals surface area (Å²) >= 11 is 1.23. The molecule has 7 nitrogen and oxygen atoms in total. The van der Waals surface area contributed by atoms with E-state index in [0.29, 0.717) is 42.0 Å². The van der Waals surface area contributed by atoms with Crippen LogP contribution < -0.4 is 14.8 Å². The van der Waals surface area contributed by atoms with Crippen molar-refractivity contribution >= 4 is 17.7 Å². The fourth-order valence-corrected chi connectivity index (χ4v) is 3.31. The minimum Gasteiger partial charge on any atom is -0.493 e. The van der Waals surface area contributed by atoms with Gasteiger partial charge in [-0.2, -0.15) is 0 Å². The van der Waals surface area contributed by atoms with E-state index in [4.69, 9.17) is 13.9 Å². The van der Waals surface area contributed by atoms with Crippen molar-refractivity contribution in [2.75, 3.05) is 26.5 Å². The van der Waals surface area contributed by atoms with E-state index < -0.39 is 0 Å². The minimum absolute atomic E-state index is 0.0849. The molecule has 0 aliphatic carbocycles. The van der Waals surface area contributed by atoms with E-state index in [1.165, 1.54) is 11.8 Å². The maximum atomic E-state index is 12.1. The number of carbonyl (C=O) groups excluding carboxylic acids is 1. The van der Waals surface area contributed by atoms with Gasteiger partial charge in [-0.25, -0.2) is 0 Å². The Bertz CT molecular complexity index is 931. The van der Waals surface area contributed by atoms with Gasteiger partial charge in [0.2, 0.25) is 11.8 Å². The van der Waals surface area contributed by atoms with Gasteiger partial charge in [0.1, 0.15) is 0 Å². The molecule has 1 N–H and O–H groups in total. The number of thioether (sulfide) groups is 1. The summed E-state index contributed by atoms with van der Waals surface area (Å²) in [4.78, 5) is 12.1. The molecule has 0 fully saturated rings. The molecular weight excluding hydrogens is 390 g/mol. The number of hydrogen-bond donors (Lipinski definition) is 1. The molecule has 0 saturated carbocycles. The van der Waals surface area contributed by atoms with Crippen LogP contribution in [0.15, 0.2) is 58.2 Å². The van der Waals surface area contributed by atoms with Crippen LogP contribution in [0.1, 0.15) is 17.0 Å². The van der Waals surface area contributed by atoms with Gasteiger partial charge in [-0.3, -0.25) is 4.79 Å². The first kappa shape index (κ1) is 20.7. The Labute approximate surface area is 173 Å². The van der Waals surface area contributed by atoms with Crippen molar-refractivity contribution in [1.82, 2.24) is 15.5 Å². The second kappa shape index (κ2) is 10.5. The van der Waals surface area contributed by atoms with Crippen molar-refractivity contribution in [3.8, 4) is 11.5 Å². The van der Waals surface area contributed by atoms with Gasteiger partial charge < -0.3 is 19.2 Å². The Morgan fingerprint density at radius 1 is 1.03 bits per heavy atom. The molecule has 0 spiro atoms. The number of carbonyl (C=O) groups is 1. The van der Waals surface area contributed by atoms with E-state index in [2.05, 4.69) is 15.5 Å². The third-order valence-electron chi connectivity index (χ3n) is 4.16. The largest absolute Gasteiger partial charge is 0.493 e. The molecule has 3 aromatic rings. The zero-order valence-electron chi connectivity index (χ0n) is 16.4. The van der Waals surface area contributed by atoms with E-state index in [9.17, 15) is 4.79 Å². The summed E-state index contributed by atoms with van der Waals surface area (Å²) in [5.74, 6) is 2.03. The van der Waals surface area contributed by atoms with E-state index in [0.717, 1.165) is 11.1 Å². The molecule has 0 bridgehead atoms. The molecule has 8 heteroatoms. The SMILES string of the molecule is COc1ccc(CCNC(=O)CSc2nnc(Cc3ccccc3)o2)cc1OC. The van der Waals surface area contributed by atoms with Gasteiger partial charge in [-0.1, -0.05) is 48.2 Å². The summed E-state index contributed by atoms with van der Waals surface area (Å²) in [7, 11) is 3.20. The molecule has 0 aliphatic heterocycles. The Kier molecular flexibility index (Phi) is 7.52. The number of hydrogen-bond acceptors (Lipinski definition) is 7. The van der Waals surface area contributed by atoms with Gasteiger partial charge >= 0.3 is 0 Å². The number of amides is 1. The summed E-state index contributed by atoms with van der Waals surface area (Å²) in [5.41, 5.74) is 2.15. The fraction of sp³-hybridized carbons (Fsp3) is 0.286. The van der Waals surface area contributed by atoms with Crippen LogP contribution in [-0.4, -0.2) is 42.6 Å². The second-order valence-electron chi connectivity index (χ2n) is 6.20. The lowest BCUT2D eigenvalue weighted by atomic mass is 10.1. The Hall–Kier alpha value is -3.00. The van der Waals surface area contributed by atoms with Crippen molar-refractivity contribution in [2.45, 2.75) is 18.1 Å². The van der Waals surface area contributed by atoms with E-state index in [-0.39, 0.29) is 11.7 Å². The van der Waals surface area contributed by atoms with Crippen LogP contribution in [0.25, 0.3) is 0 Å². The molecule has 3 rings (SSSR count). The first-order valence-electron chi connectivity index (χ1n) is 9.14. The van der Waals surface area contributed by atoms with Crippen LogP contribution in [-0.2, 0) is 17.6 Å². The molecule has 0 radical (unpaired) electrons. The highest BCUT2D eigenvalue weighted by Crippen LogP contribution is 2.27. The van der Waals surface area contributed by atoms with Crippen LogP contribution in [0.5, 0.6) is 11.5 Å². The number of benzene rings is 2. The van der Waals surface area contributed by atoms with Crippen molar-refractivity contribution in [3.05, 3.63) is 65.5 Å². The van der Waals surface area contributed by atoms with Crippen LogP contribution in [0.3, 0.4) is 0 Å².